The molecule has 1 aromatic rings. The van der Waals surface area contributed by atoms with Crippen molar-refractivity contribution in [2.24, 2.45) is 0 Å². The molecule has 0 unspecified atom stereocenters. The normalized spacial score (nSPS) is 21.0. The van der Waals surface area contributed by atoms with Gasteiger partial charge >= 0.3 is 6.09 Å². The molecular weight excluding hydrogens is 352 g/mol. The van der Waals surface area contributed by atoms with E-state index in [0.717, 1.165) is 11.5 Å². The Balaban J connectivity index is 1.30. The third-order valence-electron chi connectivity index (χ3n) is 4.55. The van der Waals surface area contributed by atoms with Crippen molar-refractivity contribution in [3.05, 3.63) is 24.3 Å². The van der Waals surface area contributed by atoms with Gasteiger partial charge < -0.3 is 29.0 Å². The number of hydrogen-bond donors (Lipinski definition) is 1. The van der Waals surface area contributed by atoms with Crippen molar-refractivity contribution < 1.29 is 28.8 Å². The lowest BCUT2D eigenvalue weighted by Crippen LogP contribution is -2.51. The number of amides is 1. The third kappa shape index (κ3) is 5.72. The van der Waals surface area contributed by atoms with Crippen molar-refractivity contribution in [3.63, 3.8) is 0 Å². The number of fused-ring (bicyclic) bond motifs is 1. The second-order valence-electron chi connectivity index (χ2n) is 6.68. The molecule has 0 saturated carbocycles. The fraction of sp³-hybridized carbons (Fsp3) is 0.632. The highest BCUT2D eigenvalue weighted by Gasteiger charge is 2.24. The molecule has 8 heteroatoms. The van der Waals surface area contributed by atoms with Crippen molar-refractivity contribution in [2.45, 2.75) is 19.1 Å². The predicted molar refractivity (Wildman–Crippen MR) is 98.2 cm³/mol. The van der Waals surface area contributed by atoms with Crippen LogP contribution in [0, 0.1) is 0 Å². The Morgan fingerprint density at radius 2 is 2.00 bits per heavy atom. The molecular formula is C19H28N2O6. The molecule has 0 spiro atoms. The molecule has 0 aliphatic carbocycles. The van der Waals surface area contributed by atoms with Gasteiger partial charge in [-0.05, 0) is 19.1 Å². The highest BCUT2D eigenvalue weighted by atomic mass is 16.6. The smallest absolute Gasteiger partial charge is 0.409 e. The summed E-state index contributed by atoms with van der Waals surface area (Å²) < 4.78 is 22.1. The molecule has 2 aliphatic heterocycles. The molecule has 2 atom stereocenters. The minimum atomic E-state index is -0.587. The number of para-hydroxylation sites is 2. The molecule has 2 heterocycles. The van der Waals surface area contributed by atoms with E-state index in [-0.39, 0.29) is 18.8 Å². The van der Waals surface area contributed by atoms with E-state index in [2.05, 4.69) is 4.90 Å². The zero-order valence-electron chi connectivity index (χ0n) is 15.7. The molecule has 150 valence electrons. The summed E-state index contributed by atoms with van der Waals surface area (Å²) in [5.41, 5.74) is 0. The number of aliphatic hydroxyl groups is 1. The number of hydrogen-bond acceptors (Lipinski definition) is 7. The Kier molecular flexibility index (Phi) is 7.14. The maximum atomic E-state index is 11.7. The average Bonchev–Trinajstić information content (AvgIpc) is 2.68. The van der Waals surface area contributed by atoms with Crippen LogP contribution in [0.1, 0.15) is 6.92 Å². The number of piperazine rings is 1. The van der Waals surface area contributed by atoms with E-state index < -0.39 is 6.10 Å². The first-order chi connectivity index (χ1) is 13.2. The lowest BCUT2D eigenvalue weighted by molar-refractivity contribution is -0.0318. The van der Waals surface area contributed by atoms with Gasteiger partial charge in [-0.3, -0.25) is 4.90 Å². The van der Waals surface area contributed by atoms with Crippen LogP contribution in [-0.2, 0) is 9.47 Å². The van der Waals surface area contributed by atoms with Crippen molar-refractivity contribution in [1.82, 2.24) is 9.80 Å². The minimum absolute atomic E-state index is 0.180. The zero-order chi connectivity index (χ0) is 19.1. The van der Waals surface area contributed by atoms with Gasteiger partial charge in [0.25, 0.3) is 0 Å². The van der Waals surface area contributed by atoms with Gasteiger partial charge in [-0.15, -0.1) is 0 Å². The summed E-state index contributed by atoms with van der Waals surface area (Å²) in [6.07, 6.45) is -1.03. The first kappa shape index (κ1) is 19.7. The van der Waals surface area contributed by atoms with Gasteiger partial charge in [-0.25, -0.2) is 4.79 Å². The van der Waals surface area contributed by atoms with Gasteiger partial charge in [0, 0.05) is 32.7 Å². The Hall–Kier alpha value is -2.03. The van der Waals surface area contributed by atoms with Crippen LogP contribution in [0.25, 0.3) is 0 Å². The maximum Gasteiger partial charge on any atom is 0.409 e. The quantitative estimate of drug-likeness (QED) is 0.755. The molecule has 0 bridgehead atoms. The van der Waals surface area contributed by atoms with Crippen LogP contribution in [0.2, 0.25) is 0 Å². The second kappa shape index (κ2) is 9.77. The van der Waals surface area contributed by atoms with Crippen molar-refractivity contribution in [2.75, 3.05) is 59.2 Å². The number of aliphatic hydroxyl groups excluding tert-OH is 1. The SMILES string of the molecule is CCOC(=O)N1CCN(C[C@@H](O)COC[C@H]2COc3ccccc3O2)CC1. The van der Waals surface area contributed by atoms with Gasteiger partial charge in [-0.1, -0.05) is 12.1 Å². The molecule has 3 rings (SSSR count). The second-order valence-corrected chi connectivity index (χ2v) is 6.68. The summed E-state index contributed by atoms with van der Waals surface area (Å²) in [7, 11) is 0. The number of ether oxygens (including phenoxy) is 4. The fourth-order valence-electron chi connectivity index (χ4n) is 3.16. The zero-order valence-corrected chi connectivity index (χ0v) is 15.7. The number of benzene rings is 1. The average molecular weight is 380 g/mol. The molecule has 1 amide bonds. The van der Waals surface area contributed by atoms with E-state index >= 15 is 0 Å². The van der Waals surface area contributed by atoms with Gasteiger partial charge in [0.2, 0.25) is 0 Å². The first-order valence-electron chi connectivity index (χ1n) is 9.44. The number of rotatable bonds is 7. The lowest BCUT2D eigenvalue weighted by Gasteiger charge is -2.35. The number of nitrogens with zero attached hydrogens (tertiary/aromatic N) is 2. The Morgan fingerprint density at radius 1 is 1.26 bits per heavy atom. The fourth-order valence-corrected chi connectivity index (χ4v) is 3.16. The van der Waals surface area contributed by atoms with E-state index in [0.29, 0.717) is 52.5 Å². The molecule has 1 saturated heterocycles. The van der Waals surface area contributed by atoms with Crippen LogP contribution in [0.5, 0.6) is 11.5 Å². The summed E-state index contributed by atoms with van der Waals surface area (Å²) in [4.78, 5) is 15.5. The summed E-state index contributed by atoms with van der Waals surface area (Å²) >= 11 is 0. The summed E-state index contributed by atoms with van der Waals surface area (Å²) in [6, 6.07) is 7.54. The molecule has 1 aromatic carbocycles. The van der Waals surface area contributed by atoms with Crippen molar-refractivity contribution >= 4 is 6.09 Å². The lowest BCUT2D eigenvalue weighted by atomic mass is 10.2. The molecule has 8 nitrogen and oxygen atoms in total. The maximum absolute atomic E-state index is 11.7. The van der Waals surface area contributed by atoms with E-state index in [1.165, 1.54) is 0 Å². The van der Waals surface area contributed by atoms with Gasteiger partial charge in [0.05, 0.1) is 25.9 Å². The van der Waals surface area contributed by atoms with Crippen LogP contribution < -0.4 is 9.47 Å². The topological polar surface area (TPSA) is 80.7 Å². The molecule has 0 radical (unpaired) electrons. The van der Waals surface area contributed by atoms with E-state index in [4.69, 9.17) is 18.9 Å². The number of β-amino-alcohol motifs (C(OH)–C–C–N with tert-alkyl or cyclic N) is 1. The predicted octanol–water partition coefficient (Wildman–Crippen LogP) is 0.978. The van der Waals surface area contributed by atoms with Gasteiger partial charge in [0.1, 0.15) is 6.61 Å². The van der Waals surface area contributed by atoms with Gasteiger partial charge in [0.15, 0.2) is 17.6 Å². The molecule has 0 aromatic heterocycles. The summed E-state index contributed by atoms with van der Waals surface area (Å²) in [6.45, 7) is 6.38. The van der Waals surface area contributed by atoms with Crippen LogP contribution in [0.4, 0.5) is 4.79 Å². The van der Waals surface area contributed by atoms with Crippen LogP contribution in [-0.4, -0.2) is 92.4 Å². The molecule has 1 N–H and O–H groups in total. The van der Waals surface area contributed by atoms with Crippen molar-refractivity contribution in [3.8, 4) is 11.5 Å². The largest absolute Gasteiger partial charge is 0.486 e. The monoisotopic (exact) mass is 380 g/mol. The Morgan fingerprint density at radius 3 is 2.74 bits per heavy atom. The van der Waals surface area contributed by atoms with Crippen molar-refractivity contribution in [1.29, 1.82) is 0 Å². The number of carbonyl (C=O) groups is 1. The molecule has 27 heavy (non-hydrogen) atoms. The molecule has 2 aliphatic rings. The van der Waals surface area contributed by atoms with E-state index in [1.54, 1.807) is 11.8 Å². The van der Waals surface area contributed by atoms with Crippen LogP contribution in [0.3, 0.4) is 0 Å². The van der Waals surface area contributed by atoms with Crippen LogP contribution >= 0.6 is 0 Å². The Labute approximate surface area is 159 Å². The third-order valence-corrected chi connectivity index (χ3v) is 4.55. The highest BCUT2D eigenvalue weighted by Crippen LogP contribution is 2.30. The number of carbonyl (C=O) groups excluding carboxylic acids is 1. The summed E-state index contributed by atoms with van der Waals surface area (Å²) in [5.74, 6) is 1.47. The standard InChI is InChI=1S/C19H28N2O6/c1-2-25-19(23)21-9-7-20(8-10-21)11-15(22)12-24-13-16-14-26-17-5-3-4-6-18(17)27-16/h3-6,15-16,22H,2,7-14H2,1H3/t15-,16+/m1/s1. The first-order valence-corrected chi connectivity index (χ1v) is 9.44. The van der Waals surface area contributed by atoms with E-state index in [9.17, 15) is 9.90 Å². The Bertz CT molecular complexity index is 606. The van der Waals surface area contributed by atoms with E-state index in [1.807, 2.05) is 24.3 Å². The minimum Gasteiger partial charge on any atom is -0.486 e. The van der Waals surface area contributed by atoms with Crippen LogP contribution in [0.15, 0.2) is 24.3 Å². The summed E-state index contributed by atoms with van der Waals surface area (Å²) in [5, 5.41) is 10.2. The highest BCUT2D eigenvalue weighted by molar-refractivity contribution is 5.67. The molecule has 1 fully saturated rings. The van der Waals surface area contributed by atoms with Gasteiger partial charge in [-0.2, -0.15) is 0 Å².